The van der Waals surface area contributed by atoms with Gasteiger partial charge < -0.3 is 9.84 Å². The molecular weight excluding hydrogens is 205 g/mol. The van der Waals surface area contributed by atoms with Crippen LogP contribution in [0.1, 0.15) is 6.92 Å². The van der Waals surface area contributed by atoms with E-state index in [2.05, 4.69) is 0 Å². The average molecular weight is 215 g/mol. The fourth-order valence-electron chi connectivity index (χ4n) is 0.988. The van der Waals surface area contributed by atoms with Gasteiger partial charge in [0.25, 0.3) is 0 Å². The third-order valence-corrected chi connectivity index (χ3v) is 1.61. The molecule has 0 saturated carbocycles. The Hall–Kier alpha value is -1.69. The van der Waals surface area contributed by atoms with Crippen LogP contribution in [0.25, 0.3) is 0 Å². The third kappa shape index (κ3) is 2.88. The van der Waals surface area contributed by atoms with E-state index in [1.54, 1.807) is 0 Å². The van der Waals surface area contributed by atoms with Crippen LogP contribution in [0.3, 0.4) is 0 Å². The zero-order valence-electron chi connectivity index (χ0n) is 8.01. The second-order valence-corrected chi connectivity index (χ2v) is 3.01. The maximum atomic E-state index is 13.1. The van der Waals surface area contributed by atoms with Gasteiger partial charge >= 0.3 is 5.69 Å². The van der Waals surface area contributed by atoms with Crippen LogP contribution in [0.4, 0.5) is 10.1 Å². The Labute approximate surface area is 85.3 Å². The molecule has 0 aliphatic heterocycles. The Kier molecular flexibility index (Phi) is 3.56. The van der Waals surface area contributed by atoms with Crippen LogP contribution in [-0.2, 0) is 0 Å². The molecule has 1 N–H and O–H groups in total. The second-order valence-electron chi connectivity index (χ2n) is 3.01. The molecule has 1 aromatic rings. The number of aliphatic hydroxyl groups excluding tert-OH is 1. The molecule has 0 fully saturated rings. The van der Waals surface area contributed by atoms with Gasteiger partial charge in [-0.3, -0.25) is 10.1 Å². The Morgan fingerprint density at radius 2 is 2.33 bits per heavy atom. The largest absolute Gasteiger partial charge is 0.482 e. The number of rotatable bonds is 4. The summed E-state index contributed by atoms with van der Waals surface area (Å²) in [6, 6.07) is 3.42. The van der Waals surface area contributed by atoms with Gasteiger partial charge in [0.2, 0.25) is 5.75 Å². The Balaban J connectivity index is 2.97. The molecule has 82 valence electrons. The van der Waals surface area contributed by atoms with Crippen molar-refractivity contribution in [3.05, 3.63) is 34.1 Å². The summed E-state index contributed by atoms with van der Waals surface area (Å²) in [7, 11) is 0. The number of nitrogens with zero attached hydrogens (tertiary/aromatic N) is 1. The van der Waals surface area contributed by atoms with E-state index in [0.717, 1.165) is 12.1 Å². The third-order valence-electron chi connectivity index (χ3n) is 1.61. The lowest BCUT2D eigenvalue weighted by Gasteiger charge is -2.08. The summed E-state index contributed by atoms with van der Waals surface area (Å²) in [6.45, 7) is 1.24. The molecule has 0 radical (unpaired) electrons. The number of halogens is 1. The monoisotopic (exact) mass is 215 g/mol. The summed E-state index contributed by atoms with van der Waals surface area (Å²) in [5.41, 5.74) is -0.448. The average Bonchev–Trinajstić information content (AvgIpc) is 2.15. The summed E-state index contributed by atoms with van der Waals surface area (Å²) in [5, 5.41) is 19.4. The summed E-state index contributed by atoms with van der Waals surface area (Å²) in [6.07, 6.45) is -0.816. The van der Waals surface area contributed by atoms with Crippen molar-refractivity contribution in [3.8, 4) is 5.75 Å². The Morgan fingerprint density at radius 1 is 1.67 bits per heavy atom. The van der Waals surface area contributed by atoms with Crippen LogP contribution in [0, 0.1) is 15.9 Å². The molecule has 1 rings (SSSR count). The van der Waals surface area contributed by atoms with Gasteiger partial charge in [-0.15, -0.1) is 0 Å². The number of ether oxygens (including phenoxy) is 1. The van der Waals surface area contributed by atoms with E-state index in [1.807, 2.05) is 0 Å². The van der Waals surface area contributed by atoms with Crippen LogP contribution >= 0.6 is 0 Å². The van der Waals surface area contributed by atoms with Crippen LogP contribution in [-0.4, -0.2) is 22.7 Å². The molecule has 5 nitrogen and oxygen atoms in total. The predicted molar refractivity (Wildman–Crippen MR) is 50.2 cm³/mol. The highest BCUT2D eigenvalue weighted by Gasteiger charge is 2.19. The quantitative estimate of drug-likeness (QED) is 0.610. The van der Waals surface area contributed by atoms with Gasteiger partial charge in [-0.05, 0) is 13.0 Å². The normalized spacial score (nSPS) is 12.2. The topological polar surface area (TPSA) is 72.6 Å². The van der Waals surface area contributed by atoms with Crippen molar-refractivity contribution in [2.75, 3.05) is 6.61 Å². The lowest BCUT2D eigenvalue weighted by Crippen LogP contribution is -2.14. The first-order valence-electron chi connectivity index (χ1n) is 4.26. The highest BCUT2D eigenvalue weighted by Crippen LogP contribution is 2.29. The zero-order valence-corrected chi connectivity index (χ0v) is 8.01. The van der Waals surface area contributed by atoms with Crippen LogP contribution in [0.15, 0.2) is 18.2 Å². The fraction of sp³-hybridized carbons (Fsp3) is 0.333. The molecule has 0 spiro atoms. The van der Waals surface area contributed by atoms with E-state index >= 15 is 0 Å². The van der Waals surface area contributed by atoms with Crippen LogP contribution in [0.5, 0.6) is 5.75 Å². The van der Waals surface area contributed by atoms with E-state index in [1.165, 1.54) is 13.0 Å². The van der Waals surface area contributed by atoms with Crippen molar-refractivity contribution in [3.63, 3.8) is 0 Å². The van der Waals surface area contributed by atoms with E-state index in [4.69, 9.17) is 9.84 Å². The number of nitro groups is 1. The first kappa shape index (κ1) is 11.4. The lowest BCUT2D eigenvalue weighted by molar-refractivity contribution is -0.386. The number of benzene rings is 1. The summed E-state index contributed by atoms with van der Waals surface area (Å²) >= 11 is 0. The van der Waals surface area contributed by atoms with Gasteiger partial charge in [-0.2, -0.15) is 0 Å². The molecule has 15 heavy (non-hydrogen) atoms. The van der Waals surface area contributed by atoms with E-state index in [-0.39, 0.29) is 6.61 Å². The van der Waals surface area contributed by atoms with Crippen LogP contribution in [0.2, 0.25) is 0 Å². The number of nitro benzene ring substituents is 1. The molecule has 0 saturated heterocycles. The smallest absolute Gasteiger partial charge is 0.314 e. The van der Waals surface area contributed by atoms with Gasteiger partial charge in [0.1, 0.15) is 6.61 Å². The van der Waals surface area contributed by atoms with Gasteiger partial charge in [-0.25, -0.2) is 4.39 Å². The van der Waals surface area contributed by atoms with Crippen molar-refractivity contribution in [2.24, 2.45) is 0 Å². The molecule has 0 aliphatic carbocycles. The first-order chi connectivity index (χ1) is 7.02. The lowest BCUT2D eigenvalue weighted by atomic mass is 10.3. The minimum Gasteiger partial charge on any atom is -0.482 e. The molecule has 1 atom stereocenters. The number of para-hydroxylation sites is 1. The fourth-order valence-corrected chi connectivity index (χ4v) is 0.988. The zero-order chi connectivity index (χ0) is 11.4. The second kappa shape index (κ2) is 4.70. The van der Waals surface area contributed by atoms with Crippen molar-refractivity contribution >= 4 is 5.69 Å². The van der Waals surface area contributed by atoms with Crippen LogP contribution < -0.4 is 4.74 Å². The molecule has 0 heterocycles. The molecule has 1 aromatic carbocycles. The standard InChI is InChI=1S/C9H10FNO4/c1-6(12)5-15-9-7(10)3-2-4-8(9)11(13)14/h2-4,6,12H,5H2,1H3/t6-/m0/s1. The van der Waals surface area contributed by atoms with Gasteiger partial charge in [0.15, 0.2) is 5.82 Å². The first-order valence-corrected chi connectivity index (χ1v) is 4.26. The number of hydrogen-bond donors (Lipinski definition) is 1. The van der Waals surface area contributed by atoms with Gasteiger partial charge in [0.05, 0.1) is 11.0 Å². The minimum absolute atomic E-state index is 0.193. The predicted octanol–water partition coefficient (Wildman–Crippen LogP) is 1.49. The molecule has 0 bridgehead atoms. The molecule has 0 unspecified atom stereocenters. The molecule has 6 heteroatoms. The Bertz CT molecular complexity index is 367. The van der Waals surface area contributed by atoms with Crippen molar-refractivity contribution in [1.29, 1.82) is 0 Å². The van der Waals surface area contributed by atoms with Crippen molar-refractivity contribution in [2.45, 2.75) is 13.0 Å². The minimum atomic E-state index is -0.816. The maximum Gasteiger partial charge on any atom is 0.314 e. The van der Waals surface area contributed by atoms with E-state index < -0.39 is 28.3 Å². The molecule has 0 aliphatic rings. The van der Waals surface area contributed by atoms with Crippen molar-refractivity contribution in [1.82, 2.24) is 0 Å². The molecule has 0 aromatic heterocycles. The molecular formula is C9H10FNO4. The van der Waals surface area contributed by atoms with E-state index in [9.17, 15) is 14.5 Å². The summed E-state index contributed by atoms with van der Waals surface area (Å²) < 4.78 is 18.0. The Morgan fingerprint density at radius 3 is 2.87 bits per heavy atom. The summed E-state index contributed by atoms with van der Waals surface area (Å²) in [4.78, 5) is 9.78. The highest BCUT2D eigenvalue weighted by molar-refractivity contribution is 5.46. The van der Waals surface area contributed by atoms with Gasteiger partial charge in [-0.1, -0.05) is 6.07 Å². The molecule has 0 amide bonds. The SMILES string of the molecule is C[C@H](O)COc1c(F)cccc1[N+](=O)[O-]. The number of hydrogen-bond acceptors (Lipinski definition) is 4. The van der Waals surface area contributed by atoms with Gasteiger partial charge in [0, 0.05) is 6.07 Å². The number of aliphatic hydroxyl groups is 1. The van der Waals surface area contributed by atoms with Crippen molar-refractivity contribution < 1.29 is 19.2 Å². The maximum absolute atomic E-state index is 13.1. The summed E-state index contributed by atoms with van der Waals surface area (Å²) in [5.74, 6) is -1.26. The van der Waals surface area contributed by atoms with E-state index in [0.29, 0.717) is 0 Å². The highest BCUT2D eigenvalue weighted by atomic mass is 19.1.